The summed E-state index contributed by atoms with van der Waals surface area (Å²) in [6.45, 7) is 0. The van der Waals surface area contributed by atoms with Gasteiger partial charge in [-0.3, -0.25) is 4.79 Å². The van der Waals surface area contributed by atoms with Gasteiger partial charge in [0.1, 0.15) is 11.3 Å². The highest BCUT2D eigenvalue weighted by Crippen LogP contribution is 2.38. The Morgan fingerprint density at radius 1 is 1.00 bits per heavy atom. The molecular formula is C15H7BrF7NO. The van der Waals surface area contributed by atoms with Gasteiger partial charge in [0.2, 0.25) is 5.91 Å². The first-order valence-corrected chi connectivity index (χ1v) is 7.29. The topological polar surface area (TPSA) is 29.1 Å². The van der Waals surface area contributed by atoms with Gasteiger partial charge < -0.3 is 5.32 Å². The number of amides is 1. The number of hydrogen-bond acceptors (Lipinski definition) is 1. The van der Waals surface area contributed by atoms with Gasteiger partial charge >= 0.3 is 6.18 Å². The summed E-state index contributed by atoms with van der Waals surface area (Å²) < 4.78 is 92.4. The molecule has 10 heteroatoms. The zero-order chi connectivity index (χ0) is 18.9. The van der Waals surface area contributed by atoms with Gasteiger partial charge in [-0.25, -0.2) is 17.6 Å². The maximum Gasteiger partial charge on any atom is 0.422 e. The van der Waals surface area contributed by atoms with Gasteiger partial charge in [-0.15, -0.1) is 0 Å². The van der Waals surface area contributed by atoms with Gasteiger partial charge in [0, 0.05) is 4.47 Å². The van der Waals surface area contributed by atoms with E-state index in [-0.39, 0.29) is 0 Å². The number of alkyl halides is 3. The highest BCUT2D eigenvalue weighted by molar-refractivity contribution is 9.10. The Morgan fingerprint density at radius 3 is 2.04 bits per heavy atom. The molecule has 0 aliphatic heterocycles. The van der Waals surface area contributed by atoms with Crippen molar-refractivity contribution in [2.45, 2.75) is 12.6 Å². The summed E-state index contributed by atoms with van der Waals surface area (Å²) >= 11 is 3.13. The number of nitrogens with one attached hydrogen (secondary N) is 1. The molecule has 134 valence electrons. The number of hydrogen-bond donors (Lipinski definition) is 1. The first-order chi connectivity index (χ1) is 11.5. The lowest BCUT2D eigenvalue weighted by molar-refractivity contribution is -0.143. The van der Waals surface area contributed by atoms with Crippen molar-refractivity contribution in [1.82, 2.24) is 0 Å². The number of benzene rings is 2. The van der Waals surface area contributed by atoms with Crippen LogP contribution < -0.4 is 5.32 Å². The van der Waals surface area contributed by atoms with Gasteiger partial charge in [0.25, 0.3) is 0 Å². The van der Waals surface area contributed by atoms with Crippen molar-refractivity contribution in [3.8, 4) is 0 Å². The summed E-state index contributed by atoms with van der Waals surface area (Å²) in [6.07, 6.45) is -6.07. The van der Waals surface area contributed by atoms with Crippen molar-refractivity contribution in [2.24, 2.45) is 0 Å². The van der Waals surface area contributed by atoms with Crippen LogP contribution in [0.3, 0.4) is 0 Å². The minimum atomic E-state index is -5.64. The molecule has 0 saturated carbocycles. The van der Waals surface area contributed by atoms with Gasteiger partial charge in [-0.05, 0) is 17.7 Å². The number of carbonyl (C=O) groups is 1. The molecule has 1 amide bonds. The second-order valence-electron chi connectivity index (χ2n) is 4.86. The second kappa shape index (κ2) is 7.03. The van der Waals surface area contributed by atoms with Crippen LogP contribution in [0.1, 0.15) is 11.1 Å². The standard InChI is InChI=1S/C15H7BrF7NO/c16-7-3-1-2-6(4-7)5-8(25)24-14-12(19)10(17)9(15(21,22)23)11(18)13(14)20/h1-4H,5H2,(H,24,25). The Kier molecular flexibility index (Phi) is 5.40. The lowest BCUT2D eigenvalue weighted by Gasteiger charge is -2.14. The van der Waals surface area contributed by atoms with E-state index >= 15 is 0 Å². The molecule has 1 N–H and O–H groups in total. The first kappa shape index (κ1) is 19.2. The third kappa shape index (κ3) is 4.12. The monoisotopic (exact) mass is 429 g/mol. The fourth-order valence-electron chi connectivity index (χ4n) is 2.01. The normalized spacial score (nSPS) is 11.5. The summed E-state index contributed by atoms with van der Waals surface area (Å²) in [4.78, 5) is 11.8. The van der Waals surface area contributed by atoms with Crippen LogP contribution in [0.25, 0.3) is 0 Å². The van der Waals surface area contributed by atoms with E-state index in [0.29, 0.717) is 10.0 Å². The van der Waals surface area contributed by atoms with Crippen LogP contribution in [-0.2, 0) is 17.4 Å². The molecular weight excluding hydrogens is 423 g/mol. The van der Waals surface area contributed by atoms with Gasteiger partial charge in [-0.1, -0.05) is 28.1 Å². The summed E-state index contributed by atoms with van der Waals surface area (Å²) in [5, 5.41) is 1.56. The maximum absolute atomic E-state index is 13.7. The van der Waals surface area contributed by atoms with Crippen LogP contribution in [0, 0.1) is 23.3 Å². The molecule has 2 aromatic carbocycles. The molecule has 0 aliphatic carbocycles. The van der Waals surface area contributed by atoms with Crippen LogP contribution in [0.15, 0.2) is 28.7 Å². The fourth-order valence-corrected chi connectivity index (χ4v) is 2.45. The van der Waals surface area contributed by atoms with Crippen LogP contribution in [0.5, 0.6) is 0 Å². The van der Waals surface area contributed by atoms with Crippen molar-refractivity contribution in [1.29, 1.82) is 0 Å². The molecule has 25 heavy (non-hydrogen) atoms. The van der Waals surface area contributed by atoms with Crippen LogP contribution >= 0.6 is 15.9 Å². The van der Waals surface area contributed by atoms with E-state index in [1.165, 1.54) is 12.1 Å². The van der Waals surface area contributed by atoms with E-state index in [0.717, 1.165) is 0 Å². The van der Waals surface area contributed by atoms with E-state index in [2.05, 4.69) is 15.9 Å². The fraction of sp³-hybridized carbons (Fsp3) is 0.133. The average Bonchev–Trinajstić information content (AvgIpc) is 2.48. The summed E-state index contributed by atoms with van der Waals surface area (Å²) in [6, 6.07) is 6.19. The van der Waals surface area contributed by atoms with Crippen molar-refractivity contribution >= 4 is 27.5 Å². The molecule has 0 aliphatic rings. The largest absolute Gasteiger partial charge is 0.422 e. The van der Waals surface area contributed by atoms with E-state index in [1.807, 2.05) is 0 Å². The van der Waals surface area contributed by atoms with Crippen LogP contribution in [0.2, 0.25) is 0 Å². The Morgan fingerprint density at radius 2 is 1.56 bits per heavy atom. The smallest absolute Gasteiger partial charge is 0.321 e. The van der Waals surface area contributed by atoms with Gasteiger partial charge in [-0.2, -0.15) is 13.2 Å². The van der Waals surface area contributed by atoms with Crippen molar-refractivity contribution < 1.29 is 35.5 Å². The number of anilines is 1. The molecule has 2 aromatic rings. The summed E-state index contributed by atoms with van der Waals surface area (Å²) in [5.74, 6) is -11.0. The van der Waals surface area contributed by atoms with Crippen molar-refractivity contribution in [2.75, 3.05) is 5.32 Å². The molecule has 0 unspecified atom stereocenters. The zero-order valence-electron chi connectivity index (χ0n) is 11.9. The molecule has 0 spiro atoms. The number of rotatable bonds is 3. The molecule has 0 heterocycles. The summed E-state index contributed by atoms with van der Waals surface area (Å²) in [7, 11) is 0. The van der Waals surface area contributed by atoms with Crippen molar-refractivity contribution in [3.63, 3.8) is 0 Å². The molecule has 2 rings (SSSR count). The third-order valence-electron chi connectivity index (χ3n) is 3.06. The Bertz CT molecular complexity index is 806. The maximum atomic E-state index is 13.7. The van der Waals surface area contributed by atoms with E-state index < -0.39 is 53.0 Å². The highest BCUT2D eigenvalue weighted by Gasteiger charge is 2.42. The SMILES string of the molecule is O=C(Cc1cccc(Br)c1)Nc1c(F)c(F)c(C(F)(F)F)c(F)c1F. The molecule has 2 nitrogen and oxygen atoms in total. The number of carbonyl (C=O) groups excluding carboxylic acids is 1. The van der Waals surface area contributed by atoms with Gasteiger partial charge in [0.05, 0.1) is 6.42 Å². The predicted octanol–water partition coefficient (Wildman–Crippen LogP) is 5.21. The van der Waals surface area contributed by atoms with Crippen LogP contribution in [-0.4, -0.2) is 5.91 Å². The second-order valence-corrected chi connectivity index (χ2v) is 5.77. The summed E-state index contributed by atoms with van der Waals surface area (Å²) in [5.41, 5.74) is -3.93. The molecule has 0 fully saturated rings. The predicted molar refractivity (Wildman–Crippen MR) is 77.8 cm³/mol. The minimum absolute atomic E-state index is 0.389. The highest BCUT2D eigenvalue weighted by atomic mass is 79.9. The van der Waals surface area contributed by atoms with E-state index in [4.69, 9.17) is 0 Å². The lowest BCUT2D eigenvalue weighted by atomic mass is 10.1. The lowest BCUT2D eigenvalue weighted by Crippen LogP contribution is -2.21. The molecule has 0 saturated heterocycles. The van der Waals surface area contributed by atoms with Crippen molar-refractivity contribution in [3.05, 3.63) is 63.1 Å². The van der Waals surface area contributed by atoms with E-state index in [1.54, 1.807) is 17.4 Å². The molecule has 0 radical (unpaired) electrons. The van der Waals surface area contributed by atoms with Gasteiger partial charge in [0.15, 0.2) is 23.3 Å². The molecule has 0 aromatic heterocycles. The Hall–Kier alpha value is -2.10. The average molecular weight is 430 g/mol. The van der Waals surface area contributed by atoms with Crippen LogP contribution in [0.4, 0.5) is 36.4 Å². The Labute approximate surface area is 144 Å². The minimum Gasteiger partial charge on any atom is -0.321 e. The number of halogens is 8. The quantitative estimate of drug-likeness (QED) is 0.526. The first-order valence-electron chi connectivity index (χ1n) is 6.49. The molecule has 0 bridgehead atoms. The molecule has 0 atom stereocenters. The van der Waals surface area contributed by atoms with E-state index in [9.17, 15) is 35.5 Å². The zero-order valence-corrected chi connectivity index (χ0v) is 13.5. The third-order valence-corrected chi connectivity index (χ3v) is 3.56. The Balaban J connectivity index is 2.36.